The van der Waals surface area contributed by atoms with Gasteiger partial charge < -0.3 is 0 Å². The fraction of sp³-hybridized carbons (Fsp3) is 1.00. The molecule has 2 nitrogen and oxygen atoms in total. The van der Waals surface area contributed by atoms with E-state index in [1.165, 1.54) is 38.6 Å². The number of hydrogen-bond acceptors (Lipinski definition) is 2. The lowest BCUT2D eigenvalue weighted by molar-refractivity contribution is 0.115. The first-order valence-corrected chi connectivity index (χ1v) is 8.54. The molecule has 0 rings (SSSR count). The molecule has 0 fully saturated rings. The minimum atomic E-state index is 0.0383. The highest BCUT2D eigenvalue weighted by molar-refractivity contribution is 6.37. The highest BCUT2D eigenvalue weighted by Crippen LogP contribution is 2.07. The van der Waals surface area contributed by atoms with Crippen LogP contribution in [0.25, 0.3) is 0 Å². The Labute approximate surface area is 98.8 Å². The van der Waals surface area contributed by atoms with E-state index < -0.39 is 0 Å². The molecule has 15 heavy (non-hydrogen) atoms. The molecule has 0 saturated carbocycles. The van der Waals surface area contributed by atoms with Crippen molar-refractivity contribution in [2.75, 3.05) is 26.2 Å². The average molecular weight is 230 g/mol. The van der Waals surface area contributed by atoms with Crippen LogP contribution in [-0.4, -0.2) is 51.3 Å². The third-order valence-electron chi connectivity index (χ3n) is 3.28. The molecular weight excluding hydrogens is 200 g/mol. The molecule has 0 heterocycles. The van der Waals surface area contributed by atoms with E-state index in [1.54, 1.807) is 0 Å². The van der Waals surface area contributed by atoms with Gasteiger partial charge >= 0.3 is 0 Å². The van der Waals surface area contributed by atoms with Gasteiger partial charge in [0.05, 0.1) is 9.52 Å². The van der Waals surface area contributed by atoms with Crippen LogP contribution in [0.5, 0.6) is 0 Å². The summed E-state index contributed by atoms with van der Waals surface area (Å²) in [5.74, 6) is 0.801. The number of hydrogen-bond donors (Lipinski definition) is 0. The topological polar surface area (TPSA) is 6.48 Å². The molecule has 92 valence electrons. The maximum absolute atomic E-state index is 2.65. The molecule has 0 radical (unpaired) electrons. The summed E-state index contributed by atoms with van der Waals surface area (Å²) in [5, 5.41) is 0. The summed E-state index contributed by atoms with van der Waals surface area (Å²) in [6, 6.07) is 1.48. The van der Waals surface area contributed by atoms with E-state index in [4.69, 9.17) is 0 Å². The second-order valence-electron chi connectivity index (χ2n) is 4.07. The van der Waals surface area contributed by atoms with E-state index in [1.807, 2.05) is 0 Å². The lowest BCUT2D eigenvalue weighted by atomic mass is 10.5. The van der Waals surface area contributed by atoms with E-state index in [-0.39, 0.29) is 9.52 Å². The normalized spacial score (nSPS) is 12.8. The summed E-state index contributed by atoms with van der Waals surface area (Å²) in [7, 11) is 0.0383. The van der Waals surface area contributed by atoms with Crippen molar-refractivity contribution in [1.29, 1.82) is 0 Å². The minimum Gasteiger partial charge on any atom is -0.292 e. The zero-order valence-corrected chi connectivity index (χ0v) is 12.8. The Kier molecular flexibility index (Phi) is 9.45. The highest BCUT2D eigenvalue weighted by atomic mass is 28.2. The molecule has 0 bridgehead atoms. The maximum Gasteiger partial charge on any atom is 0.0591 e. The molecule has 0 saturated heterocycles. The highest BCUT2D eigenvalue weighted by Gasteiger charge is 2.20. The smallest absolute Gasteiger partial charge is 0.0591 e. The van der Waals surface area contributed by atoms with Gasteiger partial charge in [0, 0.05) is 5.79 Å². The van der Waals surface area contributed by atoms with Gasteiger partial charge in [0.2, 0.25) is 0 Å². The Morgan fingerprint density at radius 1 is 0.800 bits per heavy atom. The van der Waals surface area contributed by atoms with Crippen LogP contribution in [0, 0.1) is 0 Å². The Hall–Kier alpha value is 0.137. The third-order valence-corrected chi connectivity index (χ3v) is 5.95. The van der Waals surface area contributed by atoms with Crippen LogP contribution < -0.4 is 0 Å². The molecule has 0 aliphatic heterocycles. The summed E-state index contributed by atoms with van der Waals surface area (Å²) in [6.07, 6.45) is 1.37. The van der Waals surface area contributed by atoms with Crippen LogP contribution in [0.15, 0.2) is 0 Å². The quantitative estimate of drug-likeness (QED) is 0.441. The lowest BCUT2D eigenvalue weighted by Crippen LogP contribution is -2.51. The van der Waals surface area contributed by atoms with Gasteiger partial charge in [0.15, 0.2) is 0 Å². The van der Waals surface area contributed by atoms with Crippen molar-refractivity contribution in [2.45, 2.75) is 52.9 Å². The Morgan fingerprint density at radius 3 is 1.47 bits per heavy atom. The van der Waals surface area contributed by atoms with Crippen LogP contribution in [0.3, 0.4) is 0 Å². The number of rotatable bonds is 9. The van der Waals surface area contributed by atoms with E-state index in [0.29, 0.717) is 0 Å². The second kappa shape index (κ2) is 9.37. The van der Waals surface area contributed by atoms with Crippen molar-refractivity contribution in [3.05, 3.63) is 0 Å². The molecule has 0 aromatic carbocycles. The van der Waals surface area contributed by atoms with Crippen LogP contribution in [0.2, 0.25) is 6.04 Å². The van der Waals surface area contributed by atoms with Crippen LogP contribution in [0.1, 0.15) is 41.0 Å². The van der Waals surface area contributed by atoms with Gasteiger partial charge in [0.25, 0.3) is 0 Å². The van der Waals surface area contributed by atoms with Gasteiger partial charge in [-0.3, -0.25) is 9.80 Å². The molecule has 0 spiro atoms. The van der Waals surface area contributed by atoms with E-state index in [9.17, 15) is 0 Å². The number of nitrogens with zero attached hydrogens (tertiary/aromatic N) is 2. The molecular formula is C12H30N2Si. The van der Waals surface area contributed by atoms with Crippen LogP contribution >= 0.6 is 0 Å². The van der Waals surface area contributed by atoms with Gasteiger partial charge in [-0.1, -0.05) is 47.1 Å². The van der Waals surface area contributed by atoms with Crippen LogP contribution in [-0.2, 0) is 0 Å². The van der Waals surface area contributed by atoms with Crippen molar-refractivity contribution >= 4 is 9.52 Å². The largest absolute Gasteiger partial charge is 0.292 e. The molecule has 3 heteroatoms. The standard InChI is InChI=1S/C12H30N2Si/c1-6-11-15-12(13(7-2)8-3)14(9-4)10-5/h12H,6-11,15H2,1-5H3. The van der Waals surface area contributed by atoms with Gasteiger partial charge in [-0.05, 0) is 26.2 Å². The molecule has 0 aromatic heterocycles. The summed E-state index contributed by atoms with van der Waals surface area (Å²) in [4.78, 5) is 5.30. The molecule has 0 aliphatic carbocycles. The molecule has 0 unspecified atom stereocenters. The zero-order chi connectivity index (χ0) is 11.7. The summed E-state index contributed by atoms with van der Waals surface area (Å²) >= 11 is 0. The van der Waals surface area contributed by atoms with Crippen molar-refractivity contribution in [1.82, 2.24) is 9.80 Å². The van der Waals surface area contributed by atoms with E-state index in [0.717, 1.165) is 5.79 Å². The van der Waals surface area contributed by atoms with Crippen molar-refractivity contribution in [3.8, 4) is 0 Å². The molecule has 0 N–H and O–H groups in total. The van der Waals surface area contributed by atoms with Gasteiger partial charge in [0.1, 0.15) is 0 Å². The average Bonchev–Trinajstić information content (AvgIpc) is 2.28. The van der Waals surface area contributed by atoms with Gasteiger partial charge in [-0.15, -0.1) is 0 Å². The van der Waals surface area contributed by atoms with Crippen molar-refractivity contribution in [3.63, 3.8) is 0 Å². The Bertz CT molecular complexity index is 122. The SMILES string of the molecule is CCC[SiH2]C(N(CC)CC)N(CC)CC. The maximum atomic E-state index is 2.65. The molecule has 0 atom stereocenters. The Morgan fingerprint density at radius 2 is 1.20 bits per heavy atom. The predicted octanol–water partition coefficient (Wildman–Crippen LogP) is 1.95. The third kappa shape index (κ3) is 5.14. The van der Waals surface area contributed by atoms with E-state index in [2.05, 4.69) is 44.4 Å². The van der Waals surface area contributed by atoms with Gasteiger partial charge in [-0.25, -0.2) is 0 Å². The zero-order valence-electron chi connectivity index (χ0n) is 11.4. The lowest BCUT2D eigenvalue weighted by Gasteiger charge is -2.38. The fourth-order valence-electron chi connectivity index (χ4n) is 2.27. The summed E-state index contributed by atoms with van der Waals surface area (Å²) in [5.41, 5.74) is 0. The fourth-order valence-corrected chi connectivity index (χ4v) is 4.81. The van der Waals surface area contributed by atoms with E-state index >= 15 is 0 Å². The van der Waals surface area contributed by atoms with Gasteiger partial charge in [-0.2, -0.15) is 0 Å². The molecule has 0 aliphatic rings. The van der Waals surface area contributed by atoms with Crippen molar-refractivity contribution < 1.29 is 0 Å². The van der Waals surface area contributed by atoms with Crippen LogP contribution in [0.4, 0.5) is 0 Å². The first-order valence-electron chi connectivity index (χ1n) is 6.73. The molecule has 0 aromatic rings. The first kappa shape index (κ1) is 15.1. The monoisotopic (exact) mass is 230 g/mol. The predicted molar refractivity (Wildman–Crippen MR) is 73.3 cm³/mol. The minimum absolute atomic E-state index is 0.0383. The summed E-state index contributed by atoms with van der Waals surface area (Å²) < 4.78 is 0. The van der Waals surface area contributed by atoms with Crippen molar-refractivity contribution in [2.24, 2.45) is 0 Å². The summed E-state index contributed by atoms with van der Waals surface area (Å²) in [6.45, 7) is 16.3. The second-order valence-corrected chi connectivity index (χ2v) is 6.08. The Balaban J connectivity index is 4.38. The first-order chi connectivity index (χ1) is 7.24. The molecule has 0 amide bonds.